The van der Waals surface area contributed by atoms with E-state index in [1.807, 2.05) is 31.3 Å². The molecule has 3 rings (SSSR count). The van der Waals surface area contributed by atoms with Crippen LogP contribution in [0.1, 0.15) is 11.3 Å². The van der Waals surface area contributed by atoms with E-state index in [1.165, 1.54) is 5.56 Å². The van der Waals surface area contributed by atoms with Crippen LogP contribution in [0.4, 0.5) is 11.8 Å². The standard InChI is InChI=1S/C18H26N6O/c1-20-16-10-24(11-16)17-8-14(22-18(19)23-17)9-21-15(12-25)7-13-5-3-2-4-6-13/h2-6,8,15-16,20-21,25H,7,9-12H2,1H3,(H2,19,22,23). The van der Waals surface area contributed by atoms with Gasteiger partial charge in [0.2, 0.25) is 5.95 Å². The number of benzene rings is 1. The Kier molecular flexibility index (Phi) is 5.80. The summed E-state index contributed by atoms with van der Waals surface area (Å²) < 4.78 is 0. The average molecular weight is 342 g/mol. The lowest BCUT2D eigenvalue weighted by molar-refractivity contribution is 0.240. The van der Waals surface area contributed by atoms with Crippen LogP contribution in [0, 0.1) is 0 Å². The topological polar surface area (TPSA) is 99.3 Å². The number of aliphatic hydroxyl groups is 1. The number of nitrogens with one attached hydrogen (secondary N) is 2. The number of anilines is 2. The lowest BCUT2D eigenvalue weighted by atomic mass is 10.1. The number of nitrogens with zero attached hydrogens (tertiary/aromatic N) is 3. The summed E-state index contributed by atoms with van der Waals surface area (Å²) in [4.78, 5) is 10.8. The van der Waals surface area contributed by atoms with Crippen LogP contribution in [-0.4, -0.2) is 53.9 Å². The molecule has 7 heteroatoms. The third-order valence-electron chi connectivity index (χ3n) is 4.51. The van der Waals surface area contributed by atoms with Gasteiger partial charge in [-0.1, -0.05) is 30.3 Å². The molecule has 1 aromatic heterocycles. The van der Waals surface area contributed by atoms with Crippen molar-refractivity contribution in [3.63, 3.8) is 0 Å². The van der Waals surface area contributed by atoms with Crippen molar-refractivity contribution in [2.75, 3.05) is 37.4 Å². The van der Waals surface area contributed by atoms with Gasteiger partial charge < -0.3 is 26.4 Å². The fourth-order valence-electron chi connectivity index (χ4n) is 2.95. The van der Waals surface area contributed by atoms with Gasteiger partial charge in [-0.25, -0.2) is 4.98 Å². The fraction of sp³-hybridized carbons (Fsp3) is 0.444. The molecule has 0 radical (unpaired) electrons. The third-order valence-corrected chi connectivity index (χ3v) is 4.51. The summed E-state index contributed by atoms with van der Waals surface area (Å²) in [6, 6.07) is 12.6. The normalized spacial score (nSPS) is 15.8. The largest absolute Gasteiger partial charge is 0.395 e. The van der Waals surface area contributed by atoms with Gasteiger partial charge in [-0.15, -0.1) is 0 Å². The summed E-state index contributed by atoms with van der Waals surface area (Å²) in [7, 11) is 1.97. The van der Waals surface area contributed by atoms with E-state index in [1.54, 1.807) is 0 Å². The van der Waals surface area contributed by atoms with Gasteiger partial charge in [0.05, 0.1) is 12.3 Å². The number of rotatable bonds is 8. The Morgan fingerprint density at radius 3 is 2.72 bits per heavy atom. The molecule has 1 unspecified atom stereocenters. The molecule has 2 heterocycles. The van der Waals surface area contributed by atoms with Crippen molar-refractivity contribution >= 4 is 11.8 Å². The van der Waals surface area contributed by atoms with Gasteiger partial charge >= 0.3 is 0 Å². The summed E-state index contributed by atoms with van der Waals surface area (Å²) in [5.41, 5.74) is 7.89. The Bertz CT molecular complexity index is 675. The van der Waals surface area contributed by atoms with Crippen LogP contribution in [0.25, 0.3) is 0 Å². The smallest absolute Gasteiger partial charge is 0.222 e. The van der Waals surface area contributed by atoms with Gasteiger partial charge in [-0.05, 0) is 19.0 Å². The quantitative estimate of drug-likeness (QED) is 0.542. The van der Waals surface area contributed by atoms with Gasteiger partial charge in [0, 0.05) is 37.8 Å². The van der Waals surface area contributed by atoms with E-state index in [4.69, 9.17) is 5.73 Å². The zero-order valence-electron chi connectivity index (χ0n) is 14.5. The van der Waals surface area contributed by atoms with Gasteiger partial charge in [0.25, 0.3) is 0 Å². The van der Waals surface area contributed by atoms with E-state index in [0.29, 0.717) is 12.6 Å². The van der Waals surface area contributed by atoms with Crippen molar-refractivity contribution in [1.29, 1.82) is 0 Å². The minimum Gasteiger partial charge on any atom is -0.395 e. The second-order valence-electron chi connectivity index (χ2n) is 6.42. The molecule has 134 valence electrons. The molecule has 1 aliphatic rings. The Morgan fingerprint density at radius 2 is 2.04 bits per heavy atom. The van der Waals surface area contributed by atoms with Crippen molar-refractivity contribution in [2.45, 2.75) is 25.0 Å². The first-order valence-corrected chi connectivity index (χ1v) is 8.61. The second-order valence-corrected chi connectivity index (χ2v) is 6.42. The highest BCUT2D eigenvalue weighted by Crippen LogP contribution is 2.20. The van der Waals surface area contributed by atoms with Crippen LogP contribution in [0.5, 0.6) is 0 Å². The SMILES string of the molecule is CNC1CN(c2cc(CNC(CO)Cc3ccccc3)nc(N)n2)C1. The second kappa shape index (κ2) is 8.24. The highest BCUT2D eigenvalue weighted by molar-refractivity contribution is 5.46. The van der Waals surface area contributed by atoms with Gasteiger partial charge in [0.15, 0.2) is 0 Å². The Morgan fingerprint density at radius 1 is 1.28 bits per heavy atom. The third kappa shape index (κ3) is 4.66. The number of nitrogen functional groups attached to an aromatic ring is 1. The molecule has 0 bridgehead atoms. The van der Waals surface area contributed by atoms with E-state index in [0.717, 1.165) is 31.0 Å². The summed E-state index contributed by atoms with van der Waals surface area (Å²) in [6.45, 7) is 2.46. The van der Waals surface area contributed by atoms with Crippen molar-refractivity contribution in [2.24, 2.45) is 0 Å². The maximum absolute atomic E-state index is 9.63. The fourth-order valence-corrected chi connectivity index (χ4v) is 2.95. The maximum Gasteiger partial charge on any atom is 0.222 e. The highest BCUT2D eigenvalue weighted by atomic mass is 16.3. The van der Waals surface area contributed by atoms with Crippen LogP contribution in [0.3, 0.4) is 0 Å². The lowest BCUT2D eigenvalue weighted by Gasteiger charge is -2.40. The van der Waals surface area contributed by atoms with E-state index in [9.17, 15) is 5.11 Å². The van der Waals surface area contributed by atoms with Crippen LogP contribution in [0.2, 0.25) is 0 Å². The molecule has 5 N–H and O–H groups in total. The molecule has 0 aliphatic carbocycles. The Balaban J connectivity index is 1.59. The minimum absolute atomic E-state index is 0.0280. The first-order chi connectivity index (χ1) is 12.2. The van der Waals surface area contributed by atoms with Crippen LogP contribution in [-0.2, 0) is 13.0 Å². The number of likely N-dealkylation sites (N-methyl/N-ethyl adjacent to an activating group) is 1. The van der Waals surface area contributed by atoms with Crippen LogP contribution < -0.4 is 21.3 Å². The summed E-state index contributed by atoms with van der Waals surface area (Å²) >= 11 is 0. The first kappa shape index (κ1) is 17.6. The number of hydrogen-bond donors (Lipinski definition) is 4. The van der Waals surface area contributed by atoms with Crippen molar-refractivity contribution in [1.82, 2.24) is 20.6 Å². The molecular weight excluding hydrogens is 316 g/mol. The van der Waals surface area contributed by atoms with E-state index >= 15 is 0 Å². The molecule has 1 atom stereocenters. The molecule has 1 aromatic carbocycles. The first-order valence-electron chi connectivity index (χ1n) is 8.61. The highest BCUT2D eigenvalue weighted by Gasteiger charge is 2.26. The number of hydrogen-bond acceptors (Lipinski definition) is 7. The molecule has 1 saturated heterocycles. The molecule has 1 fully saturated rings. The van der Waals surface area contributed by atoms with Crippen molar-refractivity contribution in [3.05, 3.63) is 47.7 Å². The zero-order chi connectivity index (χ0) is 17.6. The summed E-state index contributed by atoms with van der Waals surface area (Å²) in [5, 5.41) is 16.2. The zero-order valence-corrected chi connectivity index (χ0v) is 14.5. The summed E-state index contributed by atoms with van der Waals surface area (Å²) in [5.74, 6) is 1.14. The van der Waals surface area contributed by atoms with Gasteiger partial charge in [-0.3, -0.25) is 0 Å². The molecule has 0 amide bonds. The molecule has 7 nitrogen and oxygen atoms in total. The van der Waals surface area contributed by atoms with Crippen molar-refractivity contribution in [3.8, 4) is 0 Å². The molecule has 2 aromatic rings. The van der Waals surface area contributed by atoms with E-state index < -0.39 is 0 Å². The number of aliphatic hydroxyl groups excluding tert-OH is 1. The number of nitrogens with two attached hydrogens (primary N) is 1. The van der Waals surface area contributed by atoms with Gasteiger partial charge in [0.1, 0.15) is 5.82 Å². The van der Waals surface area contributed by atoms with Crippen molar-refractivity contribution < 1.29 is 5.11 Å². The molecular formula is C18H26N6O. The minimum atomic E-state index is -0.0280. The molecule has 1 aliphatic heterocycles. The van der Waals surface area contributed by atoms with Crippen LogP contribution >= 0.6 is 0 Å². The Hall–Kier alpha value is -2.22. The Labute approximate surface area is 148 Å². The molecule has 0 saturated carbocycles. The van der Waals surface area contributed by atoms with E-state index in [-0.39, 0.29) is 18.6 Å². The van der Waals surface area contributed by atoms with Crippen LogP contribution in [0.15, 0.2) is 36.4 Å². The number of aromatic nitrogens is 2. The summed E-state index contributed by atoms with van der Waals surface area (Å²) in [6.07, 6.45) is 0.765. The predicted octanol–water partition coefficient (Wildman–Crippen LogP) is 0.160. The molecule has 25 heavy (non-hydrogen) atoms. The monoisotopic (exact) mass is 342 g/mol. The lowest BCUT2D eigenvalue weighted by Crippen LogP contribution is -2.57. The predicted molar refractivity (Wildman–Crippen MR) is 99.4 cm³/mol. The van der Waals surface area contributed by atoms with E-state index in [2.05, 4.69) is 37.6 Å². The maximum atomic E-state index is 9.63. The van der Waals surface area contributed by atoms with Gasteiger partial charge in [-0.2, -0.15) is 4.98 Å². The average Bonchev–Trinajstić information content (AvgIpc) is 2.58. The molecule has 0 spiro atoms.